The maximum absolute atomic E-state index is 11.9. The minimum absolute atomic E-state index is 0.0996. The highest BCUT2D eigenvalue weighted by Gasteiger charge is 2.07. The number of para-hydroxylation sites is 1. The molecule has 0 saturated carbocycles. The Kier molecular flexibility index (Phi) is 3.36. The van der Waals surface area contributed by atoms with Crippen LogP contribution in [0.3, 0.4) is 0 Å². The molecule has 0 saturated heterocycles. The first-order valence-corrected chi connectivity index (χ1v) is 6.27. The molecule has 20 heavy (non-hydrogen) atoms. The van der Waals surface area contributed by atoms with Crippen molar-refractivity contribution in [3.63, 3.8) is 0 Å². The SMILES string of the molecule is O=C(Cn1nnc2ccccc21)NCc1ccncc1. The average molecular weight is 267 g/mol. The van der Waals surface area contributed by atoms with Crippen molar-refractivity contribution in [3.05, 3.63) is 54.4 Å². The van der Waals surface area contributed by atoms with Gasteiger partial charge in [0.1, 0.15) is 12.1 Å². The van der Waals surface area contributed by atoms with Gasteiger partial charge >= 0.3 is 0 Å². The van der Waals surface area contributed by atoms with Crippen LogP contribution in [-0.2, 0) is 17.9 Å². The van der Waals surface area contributed by atoms with Gasteiger partial charge in [0, 0.05) is 18.9 Å². The van der Waals surface area contributed by atoms with Gasteiger partial charge in [0.2, 0.25) is 5.91 Å². The summed E-state index contributed by atoms with van der Waals surface area (Å²) in [7, 11) is 0. The number of nitrogens with one attached hydrogen (secondary N) is 1. The van der Waals surface area contributed by atoms with E-state index < -0.39 is 0 Å². The lowest BCUT2D eigenvalue weighted by Gasteiger charge is -2.05. The Bertz CT molecular complexity index is 723. The van der Waals surface area contributed by atoms with Crippen LogP contribution in [0, 0.1) is 0 Å². The third kappa shape index (κ3) is 2.64. The lowest BCUT2D eigenvalue weighted by molar-refractivity contribution is -0.121. The number of hydrogen-bond acceptors (Lipinski definition) is 4. The molecule has 1 amide bonds. The molecule has 6 nitrogen and oxygen atoms in total. The van der Waals surface area contributed by atoms with E-state index >= 15 is 0 Å². The number of carbonyl (C=O) groups excluding carboxylic acids is 1. The zero-order valence-electron chi connectivity index (χ0n) is 10.7. The molecule has 6 heteroatoms. The maximum atomic E-state index is 11.9. The summed E-state index contributed by atoms with van der Waals surface area (Å²) < 4.78 is 1.59. The average Bonchev–Trinajstić information content (AvgIpc) is 2.90. The second-order valence-electron chi connectivity index (χ2n) is 4.37. The molecule has 2 aromatic heterocycles. The van der Waals surface area contributed by atoms with Gasteiger partial charge in [-0.2, -0.15) is 0 Å². The van der Waals surface area contributed by atoms with Gasteiger partial charge in [-0.25, -0.2) is 4.68 Å². The van der Waals surface area contributed by atoms with Gasteiger partial charge in [0.15, 0.2) is 0 Å². The number of hydrogen-bond donors (Lipinski definition) is 1. The van der Waals surface area contributed by atoms with E-state index in [1.54, 1.807) is 17.1 Å². The first-order chi connectivity index (χ1) is 9.83. The Morgan fingerprint density at radius 2 is 1.95 bits per heavy atom. The summed E-state index contributed by atoms with van der Waals surface area (Å²) in [6.45, 7) is 0.638. The molecule has 2 heterocycles. The maximum Gasteiger partial charge on any atom is 0.242 e. The highest BCUT2D eigenvalue weighted by Crippen LogP contribution is 2.09. The number of aromatic nitrogens is 4. The Balaban J connectivity index is 1.64. The molecule has 3 rings (SSSR count). The van der Waals surface area contributed by atoms with Crippen molar-refractivity contribution in [1.82, 2.24) is 25.3 Å². The third-order valence-corrected chi connectivity index (χ3v) is 2.95. The highest BCUT2D eigenvalue weighted by molar-refractivity contribution is 5.79. The number of nitrogens with zero attached hydrogens (tertiary/aromatic N) is 4. The molecule has 0 aliphatic rings. The monoisotopic (exact) mass is 267 g/mol. The van der Waals surface area contributed by atoms with Crippen LogP contribution in [0.4, 0.5) is 0 Å². The number of benzene rings is 1. The van der Waals surface area contributed by atoms with E-state index in [1.807, 2.05) is 36.4 Å². The second kappa shape index (κ2) is 5.48. The number of amides is 1. The van der Waals surface area contributed by atoms with Crippen molar-refractivity contribution < 1.29 is 4.79 Å². The summed E-state index contributed by atoms with van der Waals surface area (Å²) >= 11 is 0. The smallest absolute Gasteiger partial charge is 0.242 e. The minimum atomic E-state index is -0.0996. The standard InChI is InChI=1S/C14H13N5O/c20-14(16-9-11-5-7-15-8-6-11)10-19-13-4-2-1-3-12(13)17-18-19/h1-8H,9-10H2,(H,16,20). The summed E-state index contributed by atoms with van der Waals surface area (Å²) in [5.74, 6) is -0.0996. The van der Waals surface area contributed by atoms with Crippen molar-refractivity contribution in [1.29, 1.82) is 0 Å². The summed E-state index contributed by atoms with van der Waals surface area (Å²) in [5.41, 5.74) is 2.65. The molecule has 3 aromatic rings. The van der Waals surface area contributed by atoms with Crippen LogP contribution in [0.15, 0.2) is 48.8 Å². The lowest BCUT2D eigenvalue weighted by atomic mass is 10.3. The van der Waals surface area contributed by atoms with Crippen molar-refractivity contribution in [2.45, 2.75) is 13.1 Å². The molecular formula is C14H13N5O. The van der Waals surface area contributed by atoms with Crippen LogP contribution >= 0.6 is 0 Å². The summed E-state index contributed by atoms with van der Waals surface area (Å²) in [4.78, 5) is 15.8. The zero-order chi connectivity index (χ0) is 13.8. The Labute approximate surface area is 115 Å². The van der Waals surface area contributed by atoms with E-state index in [9.17, 15) is 4.79 Å². The van der Waals surface area contributed by atoms with Crippen LogP contribution in [0.25, 0.3) is 11.0 Å². The van der Waals surface area contributed by atoms with Gasteiger partial charge in [0.05, 0.1) is 5.52 Å². The predicted molar refractivity (Wildman–Crippen MR) is 73.6 cm³/mol. The van der Waals surface area contributed by atoms with Crippen LogP contribution in [0.1, 0.15) is 5.56 Å². The summed E-state index contributed by atoms with van der Waals surface area (Å²) in [6, 6.07) is 11.3. The molecule has 100 valence electrons. The summed E-state index contributed by atoms with van der Waals surface area (Å²) in [5, 5.41) is 10.8. The molecule has 0 bridgehead atoms. The summed E-state index contributed by atoms with van der Waals surface area (Å²) in [6.07, 6.45) is 3.40. The molecule has 0 atom stereocenters. The van der Waals surface area contributed by atoms with Gasteiger partial charge in [-0.3, -0.25) is 9.78 Å². The molecule has 0 unspecified atom stereocenters. The van der Waals surface area contributed by atoms with Gasteiger partial charge in [-0.1, -0.05) is 17.3 Å². The molecule has 0 fully saturated rings. The van der Waals surface area contributed by atoms with E-state index in [0.29, 0.717) is 6.54 Å². The number of fused-ring (bicyclic) bond motifs is 1. The zero-order valence-corrected chi connectivity index (χ0v) is 10.7. The fourth-order valence-electron chi connectivity index (χ4n) is 1.93. The van der Waals surface area contributed by atoms with Crippen molar-refractivity contribution >= 4 is 16.9 Å². The number of carbonyl (C=O) groups is 1. The second-order valence-corrected chi connectivity index (χ2v) is 4.37. The van der Waals surface area contributed by atoms with E-state index in [-0.39, 0.29) is 12.5 Å². The lowest BCUT2D eigenvalue weighted by Crippen LogP contribution is -2.27. The van der Waals surface area contributed by atoms with Crippen molar-refractivity contribution in [3.8, 4) is 0 Å². The van der Waals surface area contributed by atoms with E-state index in [0.717, 1.165) is 16.6 Å². The van der Waals surface area contributed by atoms with E-state index in [4.69, 9.17) is 0 Å². The van der Waals surface area contributed by atoms with Crippen LogP contribution in [0.2, 0.25) is 0 Å². The molecule has 0 aliphatic heterocycles. The minimum Gasteiger partial charge on any atom is -0.350 e. The van der Waals surface area contributed by atoms with Gasteiger partial charge in [-0.05, 0) is 29.8 Å². The Morgan fingerprint density at radius 3 is 2.80 bits per heavy atom. The highest BCUT2D eigenvalue weighted by atomic mass is 16.2. The van der Waals surface area contributed by atoms with Crippen molar-refractivity contribution in [2.24, 2.45) is 0 Å². The first-order valence-electron chi connectivity index (χ1n) is 6.27. The molecule has 0 spiro atoms. The normalized spacial score (nSPS) is 10.6. The molecule has 0 radical (unpaired) electrons. The third-order valence-electron chi connectivity index (χ3n) is 2.95. The fraction of sp³-hybridized carbons (Fsp3) is 0.143. The van der Waals surface area contributed by atoms with Gasteiger partial charge in [0.25, 0.3) is 0 Å². The Morgan fingerprint density at radius 1 is 1.15 bits per heavy atom. The molecule has 0 aliphatic carbocycles. The van der Waals surface area contributed by atoms with Crippen molar-refractivity contribution in [2.75, 3.05) is 0 Å². The molecule has 1 aromatic carbocycles. The topological polar surface area (TPSA) is 72.7 Å². The number of pyridine rings is 1. The first kappa shape index (κ1) is 12.3. The Hall–Kier alpha value is -2.76. The van der Waals surface area contributed by atoms with Gasteiger partial charge in [-0.15, -0.1) is 5.10 Å². The fourth-order valence-corrected chi connectivity index (χ4v) is 1.93. The number of rotatable bonds is 4. The molecule has 1 N–H and O–H groups in total. The largest absolute Gasteiger partial charge is 0.350 e. The van der Waals surface area contributed by atoms with Crippen LogP contribution in [-0.4, -0.2) is 25.9 Å². The van der Waals surface area contributed by atoms with Crippen LogP contribution < -0.4 is 5.32 Å². The predicted octanol–water partition coefficient (Wildman–Crippen LogP) is 1.14. The quantitative estimate of drug-likeness (QED) is 0.769. The van der Waals surface area contributed by atoms with Gasteiger partial charge < -0.3 is 5.32 Å². The van der Waals surface area contributed by atoms with E-state index in [1.165, 1.54) is 0 Å². The van der Waals surface area contributed by atoms with E-state index in [2.05, 4.69) is 20.6 Å². The van der Waals surface area contributed by atoms with Crippen LogP contribution in [0.5, 0.6) is 0 Å². The molecular weight excluding hydrogens is 254 g/mol.